The van der Waals surface area contributed by atoms with Crippen molar-refractivity contribution in [1.82, 2.24) is 20.0 Å². The predicted octanol–water partition coefficient (Wildman–Crippen LogP) is 4.19. The molecule has 3 rings (SSSR count). The summed E-state index contributed by atoms with van der Waals surface area (Å²) in [5.41, 5.74) is 8.76. The topological polar surface area (TPSA) is 81.7 Å². The minimum absolute atomic E-state index is 0.208. The van der Waals surface area contributed by atoms with E-state index in [9.17, 15) is 0 Å². The second-order valence-corrected chi connectivity index (χ2v) is 8.63. The Morgan fingerprint density at radius 3 is 2.69 bits per heavy atom. The van der Waals surface area contributed by atoms with Crippen molar-refractivity contribution in [3.63, 3.8) is 0 Å². The zero-order valence-electron chi connectivity index (χ0n) is 15.3. The van der Waals surface area contributed by atoms with Crippen molar-refractivity contribution < 1.29 is 0 Å². The van der Waals surface area contributed by atoms with Crippen LogP contribution in [0.2, 0.25) is 5.02 Å². The van der Waals surface area contributed by atoms with Gasteiger partial charge in [-0.05, 0) is 44.9 Å². The number of aryl methyl sites for hydroxylation is 1. The summed E-state index contributed by atoms with van der Waals surface area (Å²) >= 11 is 7.98. The Hall–Kier alpha value is -1.96. The number of hydrogen-bond acceptors (Lipinski definition) is 6. The van der Waals surface area contributed by atoms with E-state index in [1.54, 1.807) is 4.68 Å². The SMILES string of the molecule is CC(CC(C)(C)N)Nc1nnc(-c2ccc(-c3cnn(C)c3)cc2Cl)s1. The van der Waals surface area contributed by atoms with E-state index in [0.29, 0.717) is 5.02 Å². The highest BCUT2D eigenvalue weighted by molar-refractivity contribution is 7.18. The average Bonchev–Trinajstić information content (AvgIpc) is 3.14. The van der Waals surface area contributed by atoms with Gasteiger partial charge in [0.15, 0.2) is 5.01 Å². The summed E-state index contributed by atoms with van der Waals surface area (Å²) in [6.45, 7) is 6.12. The van der Waals surface area contributed by atoms with Crippen LogP contribution in [0.1, 0.15) is 27.2 Å². The van der Waals surface area contributed by atoms with Gasteiger partial charge in [0.05, 0.1) is 11.2 Å². The Morgan fingerprint density at radius 2 is 2.08 bits per heavy atom. The monoisotopic (exact) mass is 390 g/mol. The molecular formula is C18H23ClN6S. The van der Waals surface area contributed by atoms with Crippen LogP contribution in [-0.2, 0) is 7.05 Å². The van der Waals surface area contributed by atoms with Crippen molar-refractivity contribution in [2.45, 2.75) is 38.8 Å². The molecule has 3 aromatic rings. The minimum atomic E-state index is -0.231. The van der Waals surface area contributed by atoms with Crippen LogP contribution in [0, 0.1) is 0 Å². The van der Waals surface area contributed by atoms with Crippen LogP contribution >= 0.6 is 22.9 Å². The maximum atomic E-state index is 6.50. The van der Waals surface area contributed by atoms with E-state index < -0.39 is 0 Å². The van der Waals surface area contributed by atoms with Gasteiger partial charge in [0.25, 0.3) is 0 Å². The first kappa shape index (κ1) is 18.8. The van der Waals surface area contributed by atoms with E-state index in [0.717, 1.165) is 33.3 Å². The second kappa shape index (κ2) is 7.34. The first-order valence-electron chi connectivity index (χ1n) is 8.39. The summed E-state index contributed by atoms with van der Waals surface area (Å²) in [5.74, 6) is 0. The maximum Gasteiger partial charge on any atom is 0.206 e. The second-order valence-electron chi connectivity index (χ2n) is 7.25. The van der Waals surface area contributed by atoms with E-state index in [2.05, 4.69) is 27.5 Å². The van der Waals surface area contributed by atoms with Gasteiger partial charge < -0.3 is 11.1 Å². The lowest BCUT2D eigenvalue weighted by Crippen LogP contribution is -2.37. The summed E-state index contributed by atoms with van der Waals surface area (Å²) in [6.07, 6.45) is 4.61. The normalized spacial score (nSPS) is 13.0. The van der Waals surface area contributed by atoms with Crippen LogP contribution in [0.25, 0.3) is 21.7 Å². The summed E-state index contributed by atoms with van der Waals surface area (Å²) in [5, 5.41) is 18.3. The third-order valence-corrected chi connectivity index (χ3v) is 5.07. The first-order valence-corrected chi connectivity index (χ1v) is 9.58. The molecule has 0 saturated carbocycles. The molecular weight excluding hydrogens is 368 g/mol. The molecule has 0 bridgehead atoms. The van der Waals surface area contributed by atoms with Gasteiger partial charge in [-0.1, -0.05) is 29.0 Å². The molecule has 1 atom stereocenters. The zero-order valence-corrected chi connectivity index (χ0v) is 16.9. The standard InChI is InChI=1S/C18H23ClN6S/c1-11(8-18(2,3)20)22-17-24-23-16(26-17)14-6-5-12(7-15(14)19)13-9-21-25(4)10-13/h5-7,9-11H,8,20H2,1-4H3,(H,22,24). The maximum absolute atomic E-state index is 6.50. The quantitative estimate of drug-likeness (QED) is 0.659. The Labute approximate surface area is 162 Å². The lowest BCUT2D eigenvalue weighted by Gasteiger charge is -2.23. The molecule has 2 aromatic heterocycles. The fourth-order valence-electron chi connectivity index (χ4n) is 2.88. The van der Waals surface area contributed by atoms with Crippen LogP contribution in [0.4, 0.5) is 5.13 Å². The average molecular weight is 391 g/mol. The molecule has 8 heteroatoms. The number of halogens is 1. The molecule has 0 radical (unpaired) electrons. The van der Waals surface area contributed by atoms with Gasteiger partial charge in [0, 0.05) is 36.0 Å². The van der Waals surface area contributed by atoms with Crippen molar-refractivity contribution >= 4 is 28.1 Å². The number of benzene rings is 1. The molecule has 2 heterocycles. The summed E-state index contributed by atoms with van der Waals surface area (Å²) in [7, 11) is 1.89. The van der Waals surface area contributed by atoms with Gasteiger partial charge in [0.2, 0.25) is 5.13 Å². The van der Waals surface area contributed by atoms with Crippen molar-refractivity contribution in [2.75, 3.05) is 5.32 Å². The highest BCUT2D eigenvalue weighted by Crippen LogP contribution is 2.35. The molecule has 1 unspecified atom stereocenters. The molecule has 1 aromatic carbocycles. The number of nitrogens with two attached hydrogens (primary N) is 1. The van der Waals surface area contributed by atoms with Crippen LogP contribution < -0.4 is 11.1 Å². The van der Waals surface area contributed by atoms with Crippen molar-refractivity contribution in [1.29, 1.82) is 0 Å². The van der Waals surface area contributed by atoms with Crippen LogP contribution in [0.5, 0.6) is 0 Å². The summed E-state index contributed by atoms with van der Waals surface area (Å²) in [6, 6.07) is 6.13. The van der Waals surface area contributed by atoms with Crippen molar-refractivity contribution in [3.8, 4) is 21.7 Å². The van der Waals surface area contributed by atoms with Crippen molar-refractivity contribution in [3.05, 3.63) is 35.6 Å². The predicted molar refractivity (Wildman–Crippen MR) is 109 cm³/mol. The number of aromatic nitrogens is 4. The lowest BCUT2D eigenvalue weighted by atomic mass is 9.98. The van der Waals surface area contributed by atoms with Gasteiger partial charge >= 0.3 is 0 Å². The number of nitrogens with zero attached hydrogens (tertiary/aromatic N) is 4. The molecule has 0 aliphatic carbocycles. The highest BCUT2D eigenvalue weighted by Gasteiger charge is 2.17. The molecule has 0 amide bonds. The van der Waals surface area contributed by atoms with E-state index in [1.165, 1.54) is 11.3 Å². The molecule has 138 valence electrons. The van der Waals surface area contributed by atoms with Crippen LogP contribution in [0.15, 0.2) is 30.6 Å². The molecule has 26 heavy (non-hydrogen) atoms. The summed E-state index contributed by atoms with van der Waals surface area (Å²) in [4.78, 5) is 0. The molecule has 0 fully saturated rings. The molecule has 0 aliphatic heterocycles. The fraction of sp³-hybridized carbons (Fsp3) is 0.389. The number of anilines is 1. The lowest BCUT2D eigenvalue weighted by molar-refractivity contribution is 0.448. The third kappa shape index (κ3) is 4.60. The van der Waals surface area contributed by atoms with Gasteiger partial charge in [-0.3, -0.25) is 4.68 Å². The minimum Gasteiger partial charge on any atom is -0.358 e. The Kier molecular flexibility index (Phi) is 5.32. The molecule has 0 spiro atoms. The van der Waals surface area contributed by atoms with Crippen LogP contribution in [0.3, 0.4) is 0 Å². The van der Waals surface area contributed by atoms with Crippen LogP contribution in [-0.4, -0.2) is 31.6 Å². The summed E-state index contributed by atoms with van der Waals surface area (Å²) < 4.78 is 1.77. The molecule has 0 saturated heterocycles. The largest absolute Gasteiger partial charge is 0.358 e. The Morgan fingerprint density at radius 1 is 1.31 bits per heavy atom. The van der Waals surface area contributed by atoms with E-state index in [4.69, 9.17) is 17.3 Å². The Bertz CT molecular complexity index is 895. The van der Waals surface area contributed by atoms with Gasteiger partial charge in [-0.15, -0.1) is 10.2 Å². The van der Waals surface area contributed by atoms with Gasteiger partial charge in [0.1, 0.15) is 0 Å². The van der Waals surface area contributed by atoms with Gasteiger partial charge in [-0.25, -0.2) is 0 Å². The molecule has 3 N–H and O–H groups in total. The Balaban J connectivity index is 1.77. The third-order valence-electron chi connectivity index (χ3n) is 3.86. The number of rotatable bonds is 6. The van der Waals surface area contributed by atoms with E-state index in [1.807, 2.05) is 51.5 Å². The molecule has 6 nitrogen and oxygen atoms in total. The highest BCUT2D eigenvalue weighted by atomic mass is 35.5. The van der Waals surface area contributed by atoms with E-state index in [-0.39, 0.29) is 11.6 Å². The van der Waals surface area contributed by atoms with Crippen molar-refractivity contribution in [2.24, 2.45) is 12.8 Å². The van der Waals surface area contributed by atoms with Gasteiger partial charge in [-0.2, -0.15) is 5.10 Å². The smallest absolute Gasteiger partial charge is 0.206 e. The first-order chi connectivity index (χ1) is 12.2. The molecule has 0 aliphatic rings. The fourth-order valence-corrected chi connectivity index (χ4v) is 4.10. The number of hydrogen-bond donors (Lipinski definition) is 2. The number of nitrogens with one attached hydrogen (secondary N) is 1. The van der Waals surface area contributed by atoms with E-state index >= 15 is 0 Å². The zero-order chi connectivity index (χ0) is 18.9.